The van der Waals surface area contributed by atoms with Crippen molar-refractivity contribution in [2.75, 3.05) is 0 Å². The number of carbonyl (C=O) groups is 3. The van der Waals surface area contributed by atoms with Crippen molar-refractivity contribution in [1.82, 2.24) is 0 Å². The third-order valence-corrected chi connectivity index (χ3v) is 7.61. The standard InChI is InChI=1S/C31H22O4/c1-30(28(33)22-13-6-3-7-14-22)27-26-23-15-9-8-12-21(23)17-18-24(26)35-29(34)31(27,30)25(32)19-16-20-10-4-2-5-11-20/h2-19,27H,1H3/b19-16+/t27-,30+,31+/m0/s1. The Morgan fingerprint density at radius 3 is 2.23 bits per heavy atom. The van der Waals surface area contributed by atoms with E-state index in [2.05, 4.69) is 0 Å². The van der Waals surface area contributed by atoms with Gasteiger partial charge in [-0.1, -0.05) is 104 Å². The molecule has 35 heavy (non-hydrogen) atoms. The molecule has 6 rings (SSSR count). The average molecular weight is 459 g/mol. The minimum absolute atomic E-state index is 0.234. The Morgan fingerprint density at radius 2 is 1.49 bits per heavy atom. The van der Waals surface area contributed by atoms with Crippen molar-refractivity contribution in [2.45, 2.75) is 12.8 Å². The van der Waals surface area contributed by atoms with Crippen LogP contribution in [0.1, 0.15) is 34.3 Å². The third-order valence-electron chi connectivity index (χ3n) is 7.61. The van der Waals surface area contributed by atoms with E-state index in [1.54, 1.807) is 43.3 Å². The van der Waals surface area contributed by atoms with Gasteiger partial charge in [0.15, 0.2) is 17.0 Å². The Kier molecular flexibility index (Phi) is 4.61. The van der Waals surface area contributed by atoms with Crippen molar-refractivity contribution >= 4 is 34.4 Å². The van der Waals surface area contributed by atoms with Crippen molar-refractivity contribution in [2.24, 2.45) is 10.8 Å². The van der Waals surface area contributed by atoms with Gasteiger partial charge in [0.05, 0.1) is 5.41 Å². The minimum Gasteiger partial charge on any atom is -0.425 e. The molecule has 170 valence electrons. The molecule has 0 spiro atoms. The summed E-state index contributed by atoms with van der Waals surface area (Å²) in [6.07, 6.45) is 3.11. The molecule has 3 atom stereocenters. The Morgan fingerprint density at radius 1 is 0.829 bits per heavy atom. The lowest BCUT2D eigenvalue weighted by atomic mass is 9.84. The number of esters is 1. The summed E-state index contributed by atoms with van der Waals surface area (Å²) in [5, 5.41) is 1.85. The largest absolute Gasteiger partial charge is 0.425 e. The molecule has 0 radical (unpaired) electrons. The van der Waals surface area contributed by atoms with Crippen molar-refractivity contribution in [3.05, 3.63) is 120 Å². The van der Waals surface area contributed by atoms with Crippen molar-refractivity contribution in [3.8, 4) is 5.75 Å². The highest BCUT2D eigenvalue weighted by Crippen LogP contribution is 2.79. The highest BCUT2D eigenvalue weighted by Gasteiger charge is 2.87. The van der Waals surface area contributed by atoms with E-state index in [1.807, 2.05) is 66.7 Å². The SMILES string of the molecule is C[C@]1(C(=O)c2ccccc2)[C@@H]2c3c(ccc4ccccc34)OC(=O)[C@@]21C(=O)/C=C/c1ccccc1. The molecule has 4 heteroatoms. The number of hydrogen-bond donors (Lipinski definition) is 0. The zero-order chi connectivity index (χ0) is 24.2. The molecule has 0 N–H and O–H groups in total. The van der Waals surface area contributed by atoms with Gasteiger partial charge >= 0.3 is 5.97 Å². The van der Waals surface area contributed by atoms with E-state index in [4.69, 9.17) is 4.74 Å². The second-order valence-electron chi connectivity index (χ2n) is 9.33. The number of ether oxygens (including phenoxy) is 1. The minimum atomic E-state index is -1.62. The molecule has 4 nitrogen and oxygen atoms in total. The fourth-order valence-electron chi connectivity index (χ4n) is 5.86. The number of carbonyl (C=O) groups excluding carboxylic acids is 3. The van der Waals surface area contributed by atoms with Gasteiger partial charge in [-0.25, -0.2) is 0 Å². The van der Waals surface area contributed by atoms with Crippen LogP contribution in [0.25, 0.3) is 16.8 Å². The molecule has 0 amide bonds. The van der Waals surface area contributed by atoms with E-state index >= 15 is 0 Å². The van der Waals surface area contributed by atoms with Gasteiger partial charge in [-0.05, 0) is 28.5 Å². The number of hydrogen-bond acceptors (Lipinski definition) is 4. The number of Topliss-reactive ketones (excluding diaryl/α,β-unsaturated/α-hetero) is 1. The van der Waals surface area contributed by atoms with Gasteiger partial charge in [-0.2, -0.15) is 0 Å². The van der Waals surface area contributed by atoms with Gasteiger partial charge in [0, 0.05) is 17.0 Å². The van der Waals surface area contributed by atoms with Crippen LogP contribution in [0.3, 0.4) is 0 Å². The van der Waals surface area contributed by atoms with Crippen molar-refractivity contribution < 1.29 is 19.1 Å². The van der Waals surface area contributed by atoms with Gasteiger partial charge in [0.2, 0.25) is 0 Å². The number of allylic oxidation sites excluding steroid dienone is 1. The summed E-state index contributed by atoms with van der Waals surface area (Å²) in [4.78, 5) is 41.5. The first-order chi connectivity index (χ1) is 17.0. The van der Waals surface area contributed by atoms with Crippen LogP contribution >= 0.6 is 0 Å². The van der Waals surface area contributed by atoms with E-state index in [9.17, 15) is 14.4 Å². The second kappa shape index (κ2) is 7.60. The molecule has 0 bridgehead atoms. The van der Waals surface area contributed by atoms with Crippen LogP contribution in [0, 0.1) is 10.8 Å². The van der Waals surface area contributed by atoms with Crippen molar-refractivity contribution in [1.29, 1.82) is 0 Å². The molecule has 1 fully saturated rings. The lowest BCUT2D eigenvalue weighted by molar-refractivity contribution is -0.147. The van der Waals surface area contributed by atoms with Crippen LogP contribution in [0.4, 0.5) is 0 Å². The second-order valence-corrected chi connectivity index (χ2v) is 9.33. The highest BCUT2D eigenvalue weighted by atomic mass is 16.5. The number of benzene rings is 4. The molecule has 2 aliphatic rings. The van der Waals surface area contributed by atoms with Gasteiger partial charge in [0.1, 0.15) is 5.75 Å². The van der Waals surface area contributed by atoms with E-state index in [0.717, 1.165) is 21.9 Å². The Balaban J connectivity index is 1.56. The monoisotopic (exact) mass is 458 g/mol. The van der Waals surface area contributed by atoms with Gasteiger partial charge in [0.25, 0.3) is 0 Å². The summed E-state index contributed by atoms with van der Waals surface area (Å²) in [5.41, 5.74) is -0.851. The van der Waals surface area contributed by atoms with E-state index < -0.39 is 28.5 Å². The summed E-state index contributed by atoms with van der Waals surface area (Å²) in [5.74, 6) is -1.53. The lowest BCUT2D eigenvalue weighted by Gasteiger charge is -2.23. The molecular weight excluding hydrogens is 436 g/mol. The molecule has 4 aromatic rings. The van der Waals surface area contributed by atoms with Crippen LogP contribution in [0.15, 0.2) is 103 Å². The maximum absolute atomic E-state index is 14.0. The van der Waals surface area contributed by atoms with Gasteiger partial charge in [-0.15, -0.1) is 0 Å². The number of fused-ring (bicyclic) bond motifs is 5. The number of rotatable bonds is 5. The van der Waals surface area contributed by atoms with Crippen LogP contribution in [-0.4, -0.2) is 17.5 Å². The van der Waals surface area contributed by atoms with E-state index in [0.29, 0.717) is 11.3 Å². The van der Waals surface area contributed by atoms with Crippen LogP contribution < -0.4 is 4.74 Å². The Hall–Kier alpha value is -4.31. The van der Waals surface area contributed by atoms with Gasteiger partial charge in [-0.3, -0.25) is 14.4 Å². The van der Waals surface area contributed by atoms with Crippen molar-refractivity contribution in [3.63, 3.8) is 0 Å². The van der Waals surface area contributed by atoms with E-state index in [1.165, 1.54) is 6.08 Å². The Labute approximate surface area is 202 Å². The molecule has 1 aliphatic heterocycles. The topological polar surface area (TPSA) is 60.4 Å². The summed E-state index contributed by atoms with van der Waals surface area (Å²) >= 11 is 0. The number of ketones is 2. The van der Waals surface area contributed by atoms with E-state index in [-0.39, 0.29) is 5.78 Å². The molecular formula is C31H22O4. The zero-order valence-electron chi connectivity index (χ0n) is 19.1. The predicted molar refractivity (Wildman–Crippen MR) is 134 cm³/mol. The maximum atomic E-state index is 14.0. The predicted octanol–water partition coefficient (Wildman–Crippen LogP) is 6.01. The van der Waals surface area contributed by atoms with Gasteiger partial charge < -0.3 is 4.74 Å². The molecule has 1 heterocycles. The fourth-order valence-corrected chi connectivity index (χ4v) is 5.86. The fraction of sp³-hybridized carbons (Fsp3) is 0.129. The van der Waals surface area contributed by atoms with Crippen LogP contribution in [-0.2, 0) is 9.59 Å². The molecule has 0 unspecified atom stereocenters. The molecule has 4 aromatic carbocycles. The smallest absolute Gasteiger partial charge is 0.327 e. The molecule has 1 saturated carbocycles. The summed E-state index contributed by atoms with van der Waals surface area (Å²) in [7, 11) is 0. The first kappa shape index (κ1) is 21.2. The summed E-state index contributed by atoms with van der Waals surface area (Å²) in [6, 6.07) is 29.7. The first-order valence-electron chi connectivity index (χ1n) is 11.6. The molecule has 0 aromatic heterocycles. The molecule has 1 aliphatic carbocycles. The quantitative estimate of drug-likeness (QED) is 0.121. The third kappa shape index (κ3) is 2.83. The van der Waals surface area contributed by atoms with Crippen LogP contribution in [0.2, 0.25) is 0 Å². The maximum Gasteiger partial charge on any atom is 0.327 e. The van der Waals surface area contributed by atoms with Crippen LogP contribution in [0.5, 0.6) is 5.75 Å². The highest BCUT2D eigenvalue weighted by molar-refractivity contribution is 6.25. The average Bonchev–Trinajstić information content (AvgIpc) is 3.50. The zero-order valence-corrected chi connectivity index (χ0v) is 19.1. The summed E-state index contributed by atoms with van der Waals surface area (Å²) < 4.78 is 5.81. The normalized spacial score (nSPS) is 24.5. The Bertz CT molecular complexity index is 1540. The summed E-state index contributed by atoms with van der Waals surface area (Å²) in [6.45, 7) is 1.74. The molecule has 0 saturated heterocycles. The lowest BCUT2D eigenvalue weighted by Crippen LogP contribution is -2.38. The first-order valence-corrected chi connectivity index (χ1v) is 11.6.